The van der Waals surface area contributed by atoms with Crippen LogP contribution < -0.4 is 0 Å². The largest absolute Gasteiger partial charge is 0.464 e. The normalized spacial score (nSPS) is 21.0. The second-order valence-electron chi connectivity index (χ2n) is 7.91. The molecule has 0 aliphatic carbocycles. The summed E-state index contributed by atoms with van der Waals surface area (Å²) in [7, 11) is 0. The summed E-state index contributed by atoms with van der Waals surface area (Å²) >= 11 is 0. The monoisotopic (exact) mass is 378 g/mol. The van der Waals surface area contributed by atoms with Crippen LogP contribution in [0.1, 0.15) is 18.4 Å². The fourth-order valence-corrected chi connectivity index (χ4v) is 4.54. The molecule has 3 heterocycles. The van der Waals surface area contributed by atoms with Crippen LogP contribution in [0, 0.1) is 0 Å². The summed E-state index contributed by atoms with van der Waals surface area (Å²) < 4.78 is 11.5. The van der Waals surface area contributed by atoms with E-state index in [1.54, 1.807) is 6.26 Å². The number of fused-ring (bicyclic) bond motifs is 3. The molecule has 0 bridgehead atoms. The van der Waals surface area contributed by atoms with Gasteiger partial charge >= 0.3 is 0 Å². The summed E-state index contributed by atoms with van der Waals surface area (Å²) in [5.74, 6) is 0.187. The number of nitrogens with zero attached hydrogens (tertiary/aromatic N) is 2. The Kier molecular flexibility index (Phi) is 4.79. The van der Waals surface area contributed by atoms with Gasteiger partial charge in [0.15, 0.2) is 0 Å². The van der Waals surface area contributed by atoms with Crippen molar-refractivity contribution in [2.75, 3.05) is 39.3 Å². The van der Waals surface area contributed by atoms with Crippen LogP contribution >= 0.6 is 0 Å². The van der Waals surface area contributed by atoms with Crippen molar-refractivity contribution < 1.29 is 13.9 Å². The molecule has 5 nitrogen and oxygen atoms in total. The molecular formula is C23H26N2O3. The zero-order valence-electron chi connectivity index (χ0n) is 16.1. The molecule has 0 spiro atoms. The lowest BCUT2D eigenvalue weighted by molar-refractivity contribution is -0.132. The number of amides is 1. The number of carbonyl (C=O) groups excluding carboxylic acids is 1. The molecule has 1 unspecified atom stereocenters. The van der Waals surface area contributed by atoms with Gasteiger partial charge in [-0.15, -0.1) is 0 Å². The number of hydrogen-bond acceptors (Lipinski definition) is 4. The highest BCUT2D eigenvalue weighted by atomic mass is 16.5. The SMILES string of the molecule is O=C(Cc1coc2ccc3ccccc3c12)N1CCN(CC2CCCO2)CC1. The molecular weight excluding hydrogens is 352 g/mol. The Morgan fingerprint density at radius 2 is 1.93 bits per heavy atom. The number of carbonyl (C=O) groups is 1. The van der Waals surface area contributed by atoms with Crippen LogP contribution in [0.3, 0.4) is 0 Å². The van der Waals surface area contributed by atoms with Gasteiger partial charge in [-0.05, 0) is 29.7 Å². The Labute approximate surface area is 164 Å². The third kappa shape index (κ3) is 3.40. The highest BCUT2D eigenvalue weighted by Gasteiger charge is 2.25. The standard InChI is InChI=1S/C23H26N2O3/c26-22(25-11-9-24(10-12-25)15-19-5-3-13-27-19)14-18-16-28-21-8-7-17-4-1-2-6-20(17)23(18)21/h1-2,4,6-8,16,19H,3,5,9-15H2. The summed E-state index contributed by atoms with van der Waals surface area (Å²) in [6, 6.07) is 12.3. The molecule has 2 fully saturated rings. The molecule has 146 valence electrons. The lowest BCUT2D eigenvalue weighted by Gasteiger charge is -2.35. The minimum absolute atomic E-state index is 0.187. The predicted molar refractivity (Wildman–Crippen MR) is 109 cm³/mol. The van der Waals surface area contributed by atoms with Gasteiger partial charge in [0, 0.05) is 50.3 Å². The predicted octanol–water partition coefficient (Wildman–Crippen LogP) is 3.45. The molecule has 28 heavy (non-hydrogen) atoms. The van der Waals surface area contributed by atoms with Crippen LogP contribution in [0.15, 0.2) is 47.1 Å². The van der Waals surface area contributed by atoms with Crippen LogP contribution in [0.5, 0.6) is 0 Å². The first kappa shape index (κ1) is 17.7. The lowest BCUT2D eigenvalue weighted by atomic mass is 10.0. The first-order valence-electron chi connectivity index (χ1n) is 10.3. The van der Waals surface area contributed by atoms with E-state index in [1.165, 1.54) is 18.2 Å². The number of hydrogen-bond donors (Lipinski definition) is 0. The molecule has 0 N–H and O–H groups in total. The fourth-order valence-electron chi connectivity index (χ4n) is 4.54. The molecule has 1 aromatic heterocycles. The van der Waals surface area contributed by atoms with Crippen LogP contribution in [-0.4, -0.2) is 61.1 Å². The van der Waals surface area contributed by atoms with Gasteiger partial charge in [-0.1, -0.05) is 30.3 Å². The highest BCUT2D eigenvalue weighted by Crippen LogP contribution is 2.30. The van der Waals surface area contributed by atoms with Crippen molar-refractivity contribution in [3.05, 3.63) is 48.2 Å². The van der Waals surface area contributed by atoms with Crippen LogP contribution in [0.4, 0.5) is 0 Å². The zero-order chi connectivity index (χ0) is 18.9. The average Bonchev–Trinajstić information content (AvgIpc) is 3.39. The van der Waals surface area contributed by atoms with E-state index in [0.717, 1.165) is 61.2 Å². The van der Waals surface area contributed by atoms with Crippen LogP contribution in [-0.2, 0) is 16.0 Å². The minimum atomic E-state index is 0.187. The Hall–Kier alpha value is -2.37. The molecule has 2 aromatic carbocycles. The van der Waals surface area contributed by atoms with E-state index >= 15 is 0 Å². The van der Waals surface area contributed by atoms with Crippen molar-refractivity contribution in [2.24, 2.45) is 0 Å². The van der Waals surface area contributed by atoms with Crippen molar-refractivity contribution in [3.63, 3.8) is 0 Å². The zero-order valence-corrected chi connectivity index (χ0v) is 16.1. The van der Waals surface area contributed by atoms with Gasteiger partial charge < -0.3 is 14.1 Å². The molecule has 5 heteroatoms. The topological polar surface area (TPSA) is 45.9 Å². The van der Waals surface area contributed by atoms with E-state index in [9.17, 15) is 4.79 Å². The van der Waals surface area contributed by atoms with E-state index in [1.807, 2.05) is 23.1 Å². The summed E-state index contributed by atoms with van der Waals surface area (Å²) in [6.45, 7) is 5.35. The quantitative estimate of drug-likeness (QED) is 0.698. The van der Waals surface area contributed by atoms with Gasteiger partial charge in [0.25, 0.3) is 0 Å². The van der Waals surface area contributed by atoms with Gasteiger partial charge in [0.1, 0.15) is 5.58 Å². The third-order valence-corrected chi connectivity index (χ3v) is 6.09. The van der Waals surface area contributed by atoms with Gasteiger partial charge in [0.05, 0.1) is 18.8 Å². The van der Waals surface area contributed by atoms with Gasteiger partial charge in [-0.25, -0.2) is 0 Å². The summed E-state index contributed by atoms with van der Waals surface area (Å²) in [6.07, 6.45) is 4.87. The maximum Gasteiger partial charge on any atom is 0.227 e. The number of rotatable bonds is 4. The van der Waals surface area contributed by atoms with Crippen molar-refractivity contribution in [1.82, 2.24) is 9.80 Å². The van der Waals surface area contributed by atoms with Crippen molar-refractivity contribution >= 4 is 27.6 Å². The minimum Gasteiger partial charge on any atom is -0.464 e. The number of furan rings is 1. The van der Waals surface area contributed by atoms with Crippen molar-refractivity contribution in [1.29, 1.82) is 0 Å². The Bertz CT molecular complexity index is 982. The van der Waals surface area contributed by atoms with E-state index in [0.29, 0.717) is 12.5 Å². The molecule has 1 atom stereocenters. The third-order valence-electron chi connectivity index (χ3n) is 6.09. The van der Waals surface area contributed by atoms with Crippen molar-refractivity contribution in [2.45, 2.75) is 25.4 Å². The summed E-state index contributed by atoms with van der Waals surface area (Å²) in [5, 5.41) is 3.40. The second kappa shape index (κ2) is 7.57. The lowest BCUT2D eigenvalue weighted by Crippen LogP contribution is -2.50. The number of benzene rings is 2. The molecule has 2 aliphatic rings. The Morgan fingerprint density at radius 1 is 1.07 bits per heavy atom. The van der Waals surface area contributed by atoms with E-state index in [4.69, 9.17) is 9.15 Å². The van der Waals surface area contributed by atoms with E-state index < -0.39 is 0 Å². The highest BCUT2D eigenvalue weighted by molar-refractivity contribution is 6.08. The fraction of sp³-hybridized carbons (Fsp3) is 0.435. The van der Waals surface area contributed by atoms with Gasteiger partial charge in [-0.3, -0.25) is 9.69 Å². The van der Waals surface area contributed by atoms with E-state index in [2.05, 4.69) is 23.1 Å². The summed E-state index contributed by atoms with van der Waals surface area (Å²) in [4.78, 5) is 17.4. The molecule has 3 aromatic rings. The first-order valence-corrected chi connectivity index (χ1v) is 10.3. The van der Waals surface area contributed by atoms with E-state index in [-0.39, 0.29) is 5.91 Å². The molecule has 0 radical (unpaired) electrons. The van der Waals surface area contributed by atoms with Gasteiger partial charge in [-0.2, -0.15) is 0 Å². The molecule has 2 saturated heterocycles. The smallest absolute Gasteiger partial charge is 0.227 e. The van der Waals surface area contributed by atoms with Crippen molar-refractivity contribution in [3.8, 4) is 0 Å². The number of ether oxygens (including phenoxy) is 1. The molecule has 5 rings (SSSR count). The Morgan fingerprint density at radius 3 is 2.75 bits per heavy atom. The maximum absolute atomic E-state index is 12.9. The molecule has 2 aliphatic heterocycles. The van der Waals surface area contributed by atoms with Crippen LogP contribution in [0.25, 0.3) is 21.7 Å². The van der Waals surface area contributed by atoms with Crippen LogP contribution in [0.2, 0.25) is 0 Å². The second-order valence-corrected chi connectivity index (χ2v) is 7.91. The maximum atomic E-state index is 12.9. The summed E-state index contributed by atoms with van der Waals surface area (Å²) in [5.41, 5.74) is 1.83. The van der Waals surface area contributed by atoms with Gasteiger partial charge in [0.2, 0.25) is 5.91 Å². The molecule has 0 saturated carbocycles. The Balaban J connectivity index is 1.27. The molecule has 1 amide bonds. The number of piperazine rings is 1. The average molecular weight is 378 g/mol. The first-order chi connectivity index (χ1) is 13.8.